The third-order valence-corrected chi connectivity index (χ3v) is 4.12. The summed E-state index contributed by atoms with van der Waals surface area (Å²) >= 11 is 0. The van der Waals surface area contributed by atoms with Crippen LogP contribution in [-0.2, 0) is 9.84 Å². The zero-order valence-electron chi connectivity index (χ0n) is 10.0. The van der Waals surface area contributed by atoms with Gasteiger partial charge in [0, 0.05) is 0 Å². The van der Waals surface area contributed by atoms with Crippen LogP contribution in [-0.4, -0.2) is 34.4 Å². The van der Waals surface area contributed by atoms with Crippen LogP contribution in [0.2, 0.25) is 0 Å². The molecule has 0 aliphatic carbocycles. The Balaban J connectivity index is 2.40. The summed E-state index contributed by atoms with van der Waals surface area (Å²) in [7, 11) is -3.43. The highest BCUT2D eigenvalue weighted by Gasteiger charge is 2.22. The van der Waals surface area contributed by atoms with E-state index in [9.17, 15) is 8.42 Å². The lowest BCUT2D eigenvalue weighted by Gasteiger charge is -2.04. The molecule has 1 aromatic carbocycles. The van der Waals surface area contributed by atoms with E-state index in [1.165, 1.54) is 4.68 Å². The number of rotatable bonds is 5. The molecular formula is C11H14N4O2S. The van der Waals surface area contributed by atoms with Crippen molar-refractivity contribution in [2.75, 3.05) is 5.75 Å². The average Bonchev–Trinajstić information content (AvgIpc) is 2.87. The van der Waals surface area contributed by atoms with E-state index >= 15 is 0 Å². The van der Waals surface area contributed by atoms with E-state index in [2.05, 4.69) is 15.5 Å². The summed E-state index contributed by atoms with van der Waals surface area (Å²) in [5.74, 6) is 0.0662. The zero-order chi connectivity index (χ0) is 13.0. The van der Waals surface area contributed by atoms with E-state index in [1.807, 2.05) is 13.0 Å². The van der Waals surface area contributed by atoms with Crippen molar-refractivity contribution in [1.82, 2.24) is 20.2 Å². The maximum absolute atomic E-state index is 12.1. The highest BCUT2D eigenvalue weighted by molar-refractivity contribution is 7.91. The standard InChI is InChI=1S/C11H14N4O2S/c1-2-3-9-18(16,17)11-12-13-14-15(11)10-7-5-4-6-8-10/h4-8H,2-3,9H2,1H3. The van der Waals surface area contributed by atoms with Crippen LogP contribution in [0.25, 0.3) is 5.69 Å². The molecule has 7 heteroatoms. The molecule has 0 amide bonds. The van der Waals surface area contributed by atoms with E-state index in [1.54, 1.807) is 24.3 Å². The first-order valence-corrected chi connectivity index (χ1v) is 7.37. The van der Waals surface area contributed by atoms with Gasteiger partial charge in [-0.05, 0) is 29.0 Å². The number of sulfone groups is 1. The quantitative estimate of drug-likeness (QED) is 0.813. The SMILES string of the molecule is CCCCS(=O)(=O)c1nnnn1-c1ccccc1. The lowest BCUT2D eigenvalue weighted by Crippen LogP contribution is -2.14. The van der Waals surface area contributed by atoms with Crippen LogP contribution in [0.15, 0.2) is 35.5 Å². The van der Waals surface area contributed by atoms with Gasteiger partial charge in [-0.1, -0.05) is 36.6 Å². The summed E-state index contributed by atoms with van der Waals surface area (Å²) in [5.41, 5.74) is 0.637. The fraction of sp³-hybridized carbons (Fsp3) is 0.364. The van der Waals surface area contributed by atoms with Gasteiger partial charge in [-0.15, -0.1) is 0 Å². The lowest BCUT2D eigenvalue weighted by molar-refractivity contribution is 0.577. The Hall–Kier alpha value is -1.76. The molecule has 0 aliphatic heterocycles. The number of para-hydroxylation sites is 1. The number of hydrogen-bond donors (Lipinski definition) is 0. The number of unbranched alkanes of at least 4 members (excludes halogenated alkanes) is 1. The van der Waals surface area contributed by atoms with E-state index < -0.39 is 9.84 Å². The van der Waals surface area contributed by atoms with Crippen molar-refractivity contribution in [3.63, 3.8) is 0 Å². The van der Waals surface area contributed by atoms with Crippen LogP contribution in [0.5, 0.6) is 0 Å². The van der Waals surface area contributed by atoms with Gasteiger partial charge in [-0.3, -0.25) is 0 Å². The molecule has 6 nitrogen and oxygen atoms in total. The topological polar surface area (TPSA) is 77.7 Å². The van der Waals surface area contributed by atoms with Crippen LogP contribution < -0.4 is 0 Å². The maximum Gasteiger partial charge on any atom is 0.272 e. The van der Waals surface area contributed by atoms with Gasteiger partial charge in [0.15, 0.2) is 0 Å². The third-order valence-electron chi connectivity index (χ3n) is 2.49. The molecule has 0 saturated heterocycles. The number of tetrazole rings is 1. The molecule has 0 saturated carbocycles. The second kappa shape index (κ2) is 5.26. The van der Waals surface area contributed by atoms with Gasteiger partial charge in [0.05, 0.1) is 11.4 Å². The second-order valence-corrected chi connectivity index (χ2v) is 5.88. The number of hydrogen-bond acceptors (Lipinski definition) is 5. The van der Waals surface area contributed by atoms with Gasteiger partial charge in [0.25, 0.3) is 5.16 Å². The maximum atomic E-state index is 12.1. The molecule has 0 radical (unpaired) electrons. The Morgan fingerprint density at radius 2 is 1.94 bits per heavy atom. The molecular weight excluding hydrogens is 252 g/mol. The summed E-state index contributed by atoms with van der Waals surface area (Å²) in [4.78, 5) is 0. The van der Waals surface area contributed by atoms with Gasteiger partial charge in [0.2, 0.25) is 9.84 Å². The van der Waals surface area contributed by atoms with E-state index in [4.69, 9.17) is 0 Å². The third kappa shape index (κ3) is 2.56. The highest BCUT2D eigenvalue weighted by atomic mass is 32.2. The van der Waals surface area contributed by atoms with Gasteiger partial charge in [0.1, 0.15) is 0 Å². The first kappa shape index (κ1) is 12.7. The molecule has 1 heterocycles. The first-order valence-electron chi connectivity index (χ1n) is 5.71. The smallest absolute Gasteiger partial charge is 0.220 e. The fourth-order valence-electron chi connectivity index (χ4n) is 1.53. The monoisotopic (exact) mass is 266 g/mol. The molecule has 0 atom stereocenters. The molecule has 0 unspecified atom stereocenters. The van der Waals surface area contributed by atoms with Crippen molar-refractivity contribution >= 4 is 9.84 Å². The summed E-state index contributed by atoms with van der Waals surface area (Å²) in [6.45, 7) is 1.94. The highest BCUT2D eigenvalue weighted by Crippen LogP contribution is 2.13. The fourth-order valence-corrected chi connectivity index (χ4v) is 2.95. The van der Waals surface area contributed by atoms with Gasteiger partial charge >= 0.3 is 0 Å². The molecule has 0 aliphatic rings. The molecule has 0 N–H and O–H groups in total. The van der Waals surface area contributed by atoms with Crippen LogP contribution in [0.1, 0.15) is 19.8 Å². The minimum absolute atomic E-state index is 0.0662. The largest absolute Gasteiger partial charge is 0.272 e. The van der Waals surface area contributed by atoms with Crippen molar-refractivity contribution in [3.05, 3.63) is 30.3 Å². The molecule has 2 rings (SSSR count). The Kier molecular flexibility index (Phi) is 3.71. The molecule has 0 bridgehead atoms. The van der Waals surface area contributed by atoms with E-state index in [0.717, 1.165) is 6.42 Å². The summed E-state index contributed by atoms with van der Waals surface area (Å²) < 4.78 is 25.4. The van der Waals surface area contributed by atoms with Crippen molar-refractivity contribution in [2.45, 2.75) is 24.9 Å². The minimum atomic E-state index is -3.43. The predicted molar refractivity (Wildman–Crippen MR) is 66.1 cm³/mol. The van der Waals surface area contributed by atoms with Crippen LogP contribution in [0, 0.1) is 0 Å². The van der Waals surface area contributed by atoms with Crippen molar-refractivity contribution in [2.24, 2.45) is 0 Å². The van der Waals surface area contributed by atoms with Gasteiger partial charge in [-0.25, -0.2) is 8.42 Å². The van der Waals surface area contributed by atoms with E-state index in [0.29, 0.717) is 12.1 Å². The van der Waals surface area contributed by atoms with Crippen molar-refractivity contribution in [1.29, 1.82) is 0 Å². The Labute approximate surface area is 106 Å². The minimum Gasteiger partial charge on any atom is -0.220 e. The first-order chi connectivity index (χ1) is 8.65. The average molecular weight is 266 g/mol. The summed E-state index contributed by atoms with van der Waals surface area (Å²) in [5, 5.41) is 10.7. The zero-order valence-corrected chi connectivity index (χ0v) is 10.8. The molecule has 1 aromatic heterocycles. The molecule has 18 heavy (non-hydrogen) atoms. The van der Waals surface area contributed by atoms with E-state index in [-0.39, 0.29) is 10.9 Å². The molecule has 2 aromatic rings. The second-order valence-electron chi connectivity index (χ2n) is 3.88. The number of aromatic nitrogens is 4. The predicted octanol–water partition coefficient (Wildman–Crippen LogP) is 1.24. The Bertz CT molecular complexity index is 607. The number of benzene rings is 1. The Morgan fingerprint density at radius 1 is 1.22 bits per heavy atom. The Morgan fingerprint density at radius 3 is 2.61 bits per heavy atom. The van der Waals surface area contributed by atoms with Crippen LogP contribution >= 0.6 is 0 Å². The van der Waals surface area contributed by atoms with Crippen molar-refractivity contribution < 1.29 is 8.42 Å². The summed E-state index contributed by atoms with van der Waals surface area (Å²) in [6.07, 6.45) is 1.41. The van der Waals surface area contributed by atoms with Crippen LogP contribution in [0.4, 0.5) is 0 Å². The molecule has 0 spiro atoms. The molecule has 0 fully saturated rings. The normalized spacial score (nSPS) is 11.6. The molecule has 96 valence electrons. The van der Waals surface area contributed by atoms with Crippen molar-refractivity contribution in [3.8, 4) is 5.69 Å². The summed E-state index contributed by atoms with van der Waals surface area (Å²) in [6, 6.07) is 8.97. The van der Waals surface area contributed by atoms with Crippen LogP contribution in [0.3, 0.4) is 0 Å². The lowest BCUT2D eigenvalue weighted by atomic mass is 10.3. The number of nitrogens with zero attached hydrogens (tertiary/aromatic N) is 4. The van der Waals surface area contributed by atoms with Gasteiger partial charge < -0.3 is 0 Å². The van der Waals surface area contributed by atoms with Gasteiger partial charge in [-0.2, -0.15) is 4.68 Å².